The van der Waals surface area contributed by atoms with Gasteiger partial charge in [-0.3, -0.25) is 4.79 Å². The van der Waals surface area contributed by atoms with Crippen LogP contribution in [-0.4, -0.2) is 12.6 Å². The standard InChI is InChI=1S/C18H24O2/c1-4-15(2)16(3)10-8-9-13-20-18(19)14-17-11-6-5-7-12-17/h4-7,10-12,15H,1,8-9,13-14H2,2-3H3/b16-10+. The molecule has 108 valence electrons. The zero-order chi connectivity index (χ0) is 14.8. The van der Waals surface area contributed by atoms with Crippen molar-refractivity contribution in [3.63, 3.8) is 0 Å². The van der Waals surface area contributed by atoms with Crippen molar-refractivity contribution in [1.82, 2.24) is 0 Å². The third-order valence-electron chi connectivity index (χ3n) is 3.34. The number of allylic oxidation sites excluding steroid dienone is 3. The molecule has 0 aliphatic carbocycles. The van der Waals surface area contributed by atoms with Crippen LogP contribution in [0.1, 0.15) is 32.3 Å². The van der Waals surface area contributed by atoms with E-state index in [9.17, 15) is 4.79 Å². The van der Waals surface area contributed by atoms with Crippen molar-refractivity contribution in [2.24, 2.45) is 5.92 Å². The van der Waals surface area contributed by atoms with Crippen molar-refractivity contribution in [2.75, 3.05) is 6.61 Å². The lowest BCUT2D eigenvalue weighted by atomic mass is 10.0. The molecule has 2 heteroatoms. The van der Waals surface area contributed by atoms with E-state index >= 15 is 0 Å². The van der Waals surface area contributed by atoms with Crippen LogP contribution in [0.25, 0.3) is 0 Å². The fourth-order valence-corrected chi connectivity index (χ4v) is 1.78. The van der Waals surface area contributed by atoms with E-state index in [0.29, 0.717) is 18.9 Å². The summed E-state index contributed by atoms with van der Waals surface area (Å²) in [6.07, 6.45) is 6.27. The van der Waals surface area contributed by atoms with Gasteiger partial charge in [0, 0.05) is 0 Å². The van der Waals surface area contributed by atoms with Crippen LogP contribution in [-0.2, 0) is 16.0 Å². The van der Waals surface area contributed by atoms with E-state index < -0.39 is 0 Å². The van der Waals surface area contributed by atoms with Gasteiger partial charge >= 0.3 is 5.97 Å². The second kappa shape index (κ2) is 9.13. The minimum absolute atomic E-state index is 0.156. The van der Waals surface area contributed by atoms with E-state index in [4.69, 9.17) is 4.74 Å². The van der Waals surface area contributed by atoms with E-state index in [1.54, 1.807) is 0 Å². The molecule has 1 aromatic rings. The maximum Gasteiger partial charge on any atom is 0.310 e. The van der Waals surface area contributed by atoms with Crippen LogP contribution in [0, 0.1) is 5.92 Å². The molecular formula is C18H24O2. The summed E-state index contributed by atoms with van der Waals surface area (Å²) in [6, 6.07) is 9.66. The van der Waals surface area contributed by atoms with Gasteiger partial charge in [-0.05, 0) is 31.2 Å². The molecule has 0 spiro atoms. The fourth-order valence-electron chi connectivity index (χ4n) is 1.78. The Morgan fingerprint density at radius 1 is 1.35 bits per heavy atom. The summed E-state index contributed by atoms with van der Waals surface area (Å²) in [7, 11) is 0. The highest BCUT2D eigenvalue weighted by molar-refractivity contribution is 5.72. The zero-order valence-electron chi connectivity index (χ0n) is 12.5. The van der Waals surface area contributed by atoms with Crippen LogP contribution in [0.2, 0.25) is 0 Å². The zero-order valence-corrected chi connectivity index (χ0v) is 12.5. The molecular weight excluding hydrogens is 248 g/mol. The smallest absolute Gasteiger partial charge is 0.310 e. The normalized spacial score (nSPS) is 12.8. The second-order valence-electron chi connectivity index (χ2n) is 5.00. The van der Waals surface area contributed by atoms with Crippen LogP contribution < -0.4 is 0 Å². The van der Waals surface area contributed by atoms with Crippen LogP contribution in [0.5, 0.6) is 0 Å². The number of benzene rings is 1. The first-order valence-corrected chi connectivity index (χ1v) is 7.12. The molecule has 1 atom stereocenters. The molecule has 0 saturated heterocycles. The summed E-state index contributed by atoms with van der Waals surface area (Å²) >= 11 is 0. The van der Waals surface area contributed by atoms with E-state index in [1.807, 2.05) is 36.4 Å². The number of esters is 1. The molecule has 0 aromatic heterocycles. The molecule has 0 aliphatic rings. The summed E-state index contributed by atoms with van der Waals surface area (Å²) in [4.78, 5) is 11.6. The monoisotopic (exact) mass is 272 g/mol. The number of hydrogen-bond acceptors (Lipinski definition) is 2. The van der Waals surface area contributed by atoms with Gasteiger partial charge in [-0.1, -0.05) is 55.0 Å². The minimum atomic E-state index is -0.156. The molecule has 0 amide bonds. The summed E-state index contributed by atoms with van der Waals surface area (Å²) < 4.78 is 5.23. The Hall–Kier alpha value is -1.83. The molecule has 0 fully saturated rings. The molecule has 20 heavy (non-hydrogen) atoms. The van der Waals surface area contributed by atoms with Gasteiger partial charge in [-0.15, -0.1) is 6.58 Å². The van der Waals surface area contributed by atoms with E-state index in [1.165, 1.54) is 5.57 Å². The average Bonchev–Trinajstić information content (AvgIpc) is 2.46. The van der Waals surface area contributed by atoms with Crippen molar-refractivity contribution in [3.8, 4) is 0 Å². The van der Waals surface area contributed by atoms with Gasteiger partial charge in [-0.2, -0.15) is 0 Å². The lowest BCUT2D eigenvalue weighted by molar-refractivity contribution is -0.142. The van der Waals surface area contributed by atoms with Crippen molar-refractivity contribution in [1.29, 1.82) is 0 Å². The molecule has 0 N–H and O–H groups in total. The molecule has 0 saturated carbocycles. The summed E-state index contributed by atoms with van der Waals surface area (Å²) in [5.41, 5.74) is 2.31. The lowest BCUT2D eigenvalue weighted by Gasteiger charge is -2.07. The van der Waals surface area contributed by atoms with Gasteiger partial charge in [0.05, 0.1) is 13.0 Å². The molecule has 0 radical (unpaired) electrons. The third-order valence-corrected chi connectivity index (χ3v) is 3.34. The quantitative estimate of drug-likeness (QED) is 0.400. The molecule has 2 nitrogen and oxygen atoms in total. The number of rotatable bonds is 8. The first kappa shape index (κ1) is 16.2. The predicted molar refractivity (Wildman–Crippen MR) is 83.5 cm³/mol. The Morgan fingerprint density at radius 3 is 2.70 bits per heavy atom. The maximum atomic E-state index is 11.6. The Balaban J connectivity index is 2.18. The highest BCUT2D eigenvalue weighted by atomic mass is 16.5. The molecule has 1 unspecified atom stereocenters. The Morgan fingerprint density at radius 2 is 2.05 bits per heavy atom. The summed E-state index contributed by atoms with van der Waals surface area (Å²) in [5, 5.41) is 0. The molecule has 0 heterocycles. The Bertz CT molecular complexity index is 446. The van der Waals surface area contributed by atoms with Crippen LogP contribution in [0.3, 0.4) is 0 Å². The van der Waals surface area contributed by atoms with Crippen molar-refractivity contribution in [3.05, 3.63) is 60.2 Å². The highest BCUT2D eigenvalue weighted by Crippen LogP contribution is 2.11. The lowest BCUT2D eigenvalue weighted by Crippen LogP contribution is -2.08. The van der Waals surface area contributed by atoms with Gasteiger partial charge in [0.2, 0.25) is 0 Å². The number of unbranched alkanes of at least 4 members (excludes halogenated alkanes) is 1. The van der Waals surface area contributed by atoms with Crippen molar-refractivity contribution in [2.45, 2.75) is 33.1 Å². The largest absolute Gasteiger partial charge is 0.465 e. The maximum absolute atomic E-state index is 11.6. The second-order valence-corrected chi connectivity index (χ2v) is 5.00. The predicted octanol–water partition coefficient (Wildman–Crippen LogP) is 4.32. The number of carbonyl (C=O) groups excluding carboxylic acids is 1. The summed E-state index contributed by atoms with van der Waals surface area (Å²) in [6.45, 7) is 8.49. The number of carbonyl (C=O) groups is 1. The van der Waals surface area contributed by atoms with Crippen LogP contribution in [0.4, 0.5) is 0 Å². The van der Waals surface area contributed by atoms with E-state index in [-0.39, 0.29) is 5.97 Å². The Labute approximate surface area is 122 Å². The molecule has 1 aromatic carbocycles. The van der Waals surface area contributed by atoms with Crippen LogP contribution >= 0.6 is 0 Å². The number of hydrogen-bond donors (Lipinski definition) is 0. The van der Waals surface area contributed by atoms with Crippen LogP contribution in [0.15, 0.2) is 54.6 Å². The van der Waals surface area contributed by atoms with Gasteiger partial charge in [-0.25, -0.2) is 0 Å². The molecule has 0 bridgehead atoms. The van der Waals surface area contributed by atoms with Crippen molar-refractivity contribution < 1.29 is 9.53 Å². The van der Waals surface area contributed by atoms with Crippen molar-refractivity contribution >= 4 is 5.97 Å². The van der Waals surface area contributed by atoms with E-state index in [2.05, 4.69) is 26.5 Å². The fraction of sp³-hybridized carbons (Fsp3) is 0.389. The third kappa shape index (κ3) is 6.37. The first-order valence-electron chi connectivity index (χ1n) is 7.12. The SMILES string of the molecule is C=CC(C)/C(C)=C/CCCOC(=O)Cc1ccccc1. The number of ether oxygens (including phenoxy) is 1. The molecule has 1 rings (SSSR count). The first-order chi connectivity index (χ1) is 9.63. The minimum Gasteiger partial charge on any atom is -0.465 e. The molecule has 0 aliphatic heterocycles. The Kier molecular flexibility index (Phi) is 7.41. The topological polar surface area (TPSA) is 26.3 Å². The van der Waals surface area contributed by atoms with E-state index in [0.717, 1.165) is 18.4 Å². The summed E-state index contributed by atoms with van der Waals surface area (Å²) in [5.74, 6) is 0.256. The average molecular weight is 272 g/mol. The van der Waals surface area contributed by atoms with Gasteiger partial charge in [0.1, 0.15) is 0 Å². The van der Waals surface area contributed by atoms with Gasteiger partial charge in [0.25, 0.3) is 0 Å². The highest BCUT2D eigenvalue weighted by Gasteiger charge is 2.03. The van der Waals surface area contributed by atoms with Gasteiger partial charge < -0.3 is 4.74 Å². The van der Waals surface area contributed by atoms with Gasteiger partial charge in [0.15, 0.2) is 0 Å².